The molecule has 96 valence electrons. The van der Waals surface area contributed by atoms with Gasteiger partial charge in [0.15, 0.2) is 0 Å². The zero-order valence-corrected chi connectivity index (χ0v) is 10.0. The molecule has 0 aromatic heterocycles. The second-order valence-corrected chi connectivity index (χ2v) is 4.09. The summed E-state index contributed by atoms with van der Waals surface area (Å²) in [5.41, 5.74) is 0.254. The van der Waals surface area contributed by atoms with Gasteiger partial charge in [-0.25, -0.2) is 0 Å². The van der Waals surface area contributed by atoms with Crippen molar-refractivity contribution < 1.29 is 23.0 Å². The molecule has 1 N–H and O–H groups in total. The summed E-state index contributed by atoms with van der Waals surface area (Å²) >= 11 is 11.4. The molecule has 0 unspecified atom stereocenters. The zero-order chi connectivity index (χ0) is 13.1. The monoisotopic (exact) mass is 288 g/mol. The van der Waals surface area contributed by atoms with Crippen LogP contribution < -0.4 is 4.74 Å². The van der Waals surface area contributed by atoms with Crippen LogP contribution in [0.4, 0.5) is 13.2 Å². The number of hydrogen-bond acceptors (Lipinski definition) is 2. The molecule has 17 heavy (non-hydrogen) atoms. The first-order valence-corrected chi connectivity index (χ1v) is 5.37. The Labute approximate surface area is 106 Å². The third kappa shape index (κ3) is 4.61. The number of alkyl halides is 3. The summed E-state index contributed by atoms with van der Waals surface area (Å²) in [6, 6.07) is 2.72. The first-order chi connectivity index (χ1) is 7.83. The lowest BCUT2D eigenvalue weighted by Gasteiger charge is -2.13. The van der Waals surface area contributed by atoms with Crippen LogP contribution in [0.1, 0.15) is 12.0 Å². The summed E-state index contributed by atoms with van der Waals surface area (Å²) in [4.78, 5) is 0. The number of halogens is 5. The second-order valence-electron chi connectivity index (χ2n) is 3.25. The Morgan fingerprint density at radius 1 is 1.24 bits per heavy atom. The normalized spacial score (nSPS) is 11.6. The minimum absolute atomic E-state index is 0.0304. The van der Waals surface area contributed by atoms with Gasteiger partial charge < -0.3 is 9.84 Å². The molecule has 2 nitrogen and oxygen atoms in total. The maximum Gasteiger partial charge on any atom is 0.392 e. The average Bonchev–Trinajstić information content (AvgIpc) is 2.18. The van der Waals surface area contributed by atoms with Gasteiger partial charge in [0.2, 0.25) is 0 Å². The van der Waals surface area contributed by atoms with E-state index in [4.69, 9.17) is 33.0 Å². The van der Waals surface area contributed by atoms with Crippen molar-refractivity contribution >= 4 is 23.2 Å². The Kier molecular flexibility index (Phi) is 4.91. The molecule has 0 saturated heterocycles. The number of hydrogen-bond donors (Lipinski definition) is 1. The van der Waals surface area contributed by atoms with Gasteiger partial charge in [-0.3, -0.25) is 0 Å². The van der Waals surface area contributed by atoms with Crippen LogP contribution in [0.2, 0.25) is 10.0 Å². The summed E-state index contributed by atoms with van der Waals surface area (Å²) in [5.74, 6) is 0.0304. The van der Waals surface area contributed by atoms with Gasteiger partial charge in [0.05, 0.1) is 24.7 Å². The summed E-state index contributed by atoms with van der Waals surface area (Å²) in [7, 11) is 0. The maximum atomic E-state index is 11.9. The SMILES string of the molecule is OCc1cc(Cl)cc(Cl)c1OCCC(F)(F)F. The quantitative estimate of drug-likeness (QED) is 0.913. The van der Waals surface area contributed by atoms with Crippen LogP contribution in [-0.4, -0.2) is 17.9 Å². The Morgan fingerprint density at radius 2 is 1.88 bits per heavy atom. The largest absolute Gasteiger partial charge is 0.491 e. The molecule has 0 heterocycles. The van der Waals surface area contributed by atoms with Crippen LogP contribution in [0.25, 0.3) is 0 Å². The van der Waals surface area contributed by atoms with E-state index in [0.29, 0.717) is 0 Å². The number of benzene rings is 1. The van der Waals surface area contributed by atoms with Gasteiger partial charge in [0.1, 0.15) is 5.75 Å². The summed E-state index contributed by atoms with van der Waals surface area (Å²) in [6.45, 7) is -0.973. The Hall–Kier alpha value is -0.650. The van der Waals surface area contributed by atoms with Crippen LogP contribution in [0.5, 0.6) is 5.75 Å². The third-order valence-corrected chi connectivity index (χ3v) is 2.39. The fraction of sp³-hybridized carbons (Fsp3) is 0.400. The molecule has 0 bridgehead atoms. The standard InChI is InChI=1S/C10H9Cl2F3O2/c11-7-3-6(5-16)9(8(12)4-7)17-2-1-10(13,14)15/h3-4,16H,1-2,5H2. The van der Waals surface area contributed by atoms with Crippen LogP contribution in [-0.2, 0) is 6.61 Å². The highest BCUT2D eigenvalue weighted by Gasteiger charge is 2.27. The molecule has 0 radical (unpaired) electrons. The van der Waals surface area contributed by atoms with E-state index in [1.165, 1.54) is 12.1 Å². The van der Waals surface area contributed by atoms with E-state index in [0.717, 1.165) is 0 Å². The fourth-order valence-corrected chi connectivity index (χ4v) is 1.75. The van der Waals surface area contributed by atoms with Gasteiger partial charge in [-0.05, 0) is 12.1 Å². The van der Waals surface area contributed by atoms with Gasteiger partial charge >= 0.3 is 6.18 Å². The Balaban J connectivity index is 2.76. The minimum atomic E-state index is -4.29. The van der Waals surface area contributed by atoms with Gasteiger partial charge in [0.25, 0.3) is 0 Å². The van der Waals surface area contributed by atoms with E-state index in [2.05, 4.69) is 0 Å². The summed E-state index contributed by atoms with van der Waals surface area (Å²) < 4.78 is 40.7. The maximum absolute atomic E-state index is 11.9. The van der Waals surface area contributed by atoms with Crippen LogP contribution in [0.15, 0.2) is 12.1 Å². The molecule has 0 aliphatic heterocycles. The van der Waals surface area contributed by atoms with Crippen molar-refractivity contribution in [3.05, 3.63) is 27.7 Å². The van der Waals surface area contributed by atoms with E-state index >= 15 is 0 Å². The molecule has 0 aliphatic rings. The van der Waals surface area contributed by atoms with E-state index in [1.54, 1.807) is 0 Å². The molecule has 0 fully saturated rings. The molecule has 0 amide bonds. The zero-order valence-electron chi connectivity index (χ0n) is 8.52. The Morgan fingerprint density at radius 3 is 2.41 bits per heavy atom. The second kappa shape index (κ2) is 5.80. The average molecular weight is 289 g/mol. The smallest absolute Gasteiger partial charge is 0.392 e. The number of rotatable bonds is 4. The number of aliphatic hydroxyl groups excluding tert-OH is 1. The van der Waals surface area contributed by atoms with Crippen LogP contribution in [0.3, 0.4) is 0 Å². The molecule has 0 atom stereocenters. The third-order valence-electron chi connectivity index (χ3n) is 1.89. The highest BCUT2D eigenvalue weighted by atomic mass is 35.5. The lowest BCUT2D eigenvalue weighted by Crippen LogP contribution is -2.13. The van der Waals surface area contributed by atoms with E-state index < -0.39 is 25.8 Å². The number of aliphatic hydroxyl groups is 1. The molecule has 1 aromatic carbocycles. The highest BCUT2D eigenvalue weighted by Crippen LogP contribution is 2.33. The predicted molar refractivity (Wildman–Crippen MR) is 58.6 cm³/mol. The van der Waals surface area contributed by atoms with Gasteiger partial charge in [-0.2, -0.15) is 13.2 Å². The van der Waals surface area contributed by atoms with Gasteiger partial charge in [-0.1, -0.05) is 23.2 Å². The Bertz CT molecular complexity index is 394. The first kappa shape index (κ1) is 14.4. The summed E-state index contributed by atoms with van der Waals surface area (Å²) in [5, 5.41) is 9.36. The van der Waals surface area contributed by atoms with Crippen molar-refractivity contribution in [3.8, 4) is 5.75 Å². The van der Waals surface area contributed by atoms with Crippen LogP contribution in [0, 0.1) is 0 Å². The van der Waals surface area contributed by atoms with Crippen molar-refractivity contribution in [3.63, 3.8) is 0 Å². The van der Waals surface area contributed by atoms with E-state index in [9.17, 15) is 13.2 Å². The topological polar surface area (TPSA) is 29.5 Å². The van der Waals surface area contributed by atoms with Crippen molar-refractivity contribution in [2.75, 3.05) is 6.61 Å². The molecule has 1 rings (SSSR count). The molecular formula is C10H9Cl2F3O2. The fourth-order valence-electron chi connectivity index (χ4n) is 1.16. The van der Waals surface area contributed by atoms with Gasteiger partial charge in [-0.15, -0.1) is 0 Å². The molecule has 0 saturated carbocycles. The molecular weight excluding hydrogens is 280 g/mol. The van der Waals surface area contributed by atoms with Crippen molar-refractivity contribution in [2.45, 2.75) is 19.2 Å². The van der Waals surface area contributed by atoms with Gasteiger partial charge in [0, 0.05) is 10.6 Å². The predicted octanol–water partition coefficient (Wildman–Crippen LogP) is 3.82. The van der Waals surface area contributed by atoms with Crippen molar-refractivity contribution in [2.24, 2.45) is 0 Å². The summed E-state index contributed by atoms with van der Waals surface area (Å²) in [6.07, 6.45) is -5.38. The molecule has 0 spiro atoms. The van der Waals surface area contributed by atoms with Crippen molar-refractivity contribution in [1.82, 2.24) is 0 Å². The van der Waals surface area contributed by atoms with E-state index in [1.807, 2.05) is 0 Å². The molecule has 1 aromatic rings. The molecule has 7 heteroatoms. The lowest BCUT2D eigenvalue weighted by atomic mass is 10.2. The lowest BCUT2D eigenvalue weighted by molar-refractivity contribution is -0.139. The first-order valence-electron chi connectivity index (χ1n) is 4.62. The molecule has 0 aliphatic carbocycles. The van der Waals surface area contributed by atoms with Crippen molar-refractivity contribution in [1.29, 1.82) is 0 Å². The van der Waals surface area contributed by atoms with Crippen LogP contribution >= 0.6 is 23.2 Å². The minimum Gasteiger partial charge on any atom is -0.491 e. The number of ether oxygens (including phenoxy) is 1. The highest BCUT2D eigenvalue weighted by molar-refractivity contribution is 6.35. The van der Waals surface area contributed by atoms with E-state index in [-0.39, 0.29) is 21.4 Å².